The molecule has 0 aliphatic heterocycles. The molecule has 0 spiro atoms. The number of carbonyl (C=O) groups is 2. The van der Waals surface area contributed by atoms with E-state index in [4.69, 9.17) is 11.6 Å². The van der Waals surface area contributed by atoms with E-state index in [1.807, 2.05) is 24.3 Å². The highest BCUT2D eigenvalue weighted by Crippen LogP contribution is 2.48. The third kappa shape index (κ3) is 3.65. The summed E-state index contributed by atoms with van der Waals surface area (Å²) in [5.74, 6) is -0.0144. The van der Waals surface area contributed by atoms with Crippen molar-refractivity contribution in [2.75, 3.05) is 5.32 Å². The van der Waals surface area contributed by atoms with Crippen molar-refractivity contribution in [2.24, 2.45) is 5.92 Å². The molecule has 2 atom stereocenters. The lowest BCUT2D eigenvalue weighted by molar-refractivity contribution is -0.117. The van der Waals surface area contributed by atoms with Gasteiger partial charge in [-0.25, -0.2) is 0 Å². The Bertz CT molecular complexity index is 790. The fourth-order valence-electron chi connectivity index (χ4n) is 2.74. The van der Waals surface area contributed by atoms with E-state index in [0.717, 1.165) is 16.5 Å². The highest BCUT2D eigenvalue weighted by Gasteiger charge is 2.44. The normalized spacial score (nSPS) is 19.3. The molecule has 0 radical (unpaired) electrons. The zero-order valence-corrected chi connectivity index (χ0v) is 14.8. The summed E-state index contributed by atoms with van der Waals surface area (Å²) in [4.78, 5) is 24.1. The summed E-state index contributed by atoms with van der Waals surface area (Å²) in [5, 5.41) is 3.57. The van der Waals surface area contributed by atoms with E-state index in [0.29, 0.717) is 16.3 Å². The number of Topliss-reactive ketones (excluding diaryl/α,β-unsaturated/α-hetero) is 1. The number of nitrogens with one attached hydrogen (secondary N) is 1. The molecule has 1 N–H and O–H groups in total. The molecule has 0 saturated heterocycles. The molecule has 0 aromatic heterocycles. The van der Waals surface area contributed by atoms with Crippen molar-refractivity contribution in [1.82, 2.24) is 0 Å². The molecule has 0 heterocycles. The number of ketones is 1. The monoisotopic (exact) mass is 391 g/mol. The Morgan fingerprint density at radius 3 is 2.70 bits per heavy atom. The van der Waals surface area contributed by atoms with Crippen LogP contribution < -0.4 is 5.32 Å². The topological polar surface area (TPSA) is 46.2 Å². The molecule has 2 aromatic rings. The van der Waals surface area contributed by atoms with Gasteiger partial charge in [-0.15, -0.1) is 0 Å². The van der Waals surface area contributed by atoms with Crippen LogP contribution in [0.15, 0.2) is 46.9 Å². The third-order valence-corrected chi connectivity index (χ3v) is 4.75. The summed E-state index contributed by atoms with van der Waals surface area (Å²) in [6, 6.07) is 12.9. The van der Waals surface area contributed by atoms with E-state index in [9.17, 15) is 9.59 Å². The highest BCUT2D eigenvalue weighted by molar-refractivity contribution is 9.10. The average molecular weight is 393 g/mol. The van der Waals surface area contributed by atoms with Gasteiger partial charge in [-0.05, 0) is 55.2 Å². The van der Waals surface area contributed by atoms with Crippen LogP contribution in [0.25, 0.3) is 0 Å². The van der Waals surface area contributed by atoms with Gasteiger partial charge in [0.15, 0.2) is 5.78 Å². The molecule has 1 saturated carbocycles. The quantitative estimate of drug-likeness (QED) is 0.740. The smallest absolute Gasteiger partial charge is 0.228 e. The van der Waals surface area contributed by atoms with Crippen molar-refractivity contribution in [3.05, 3.63) is 63.1 Å². The first kappa shape index (κ1) is 16.2. The van der Waals surface area contributed by atoms with Crippen LogP contribution in [-0.4, -0.2) is 11.7 Å². The van der Waals surface area contributed by atoms with Gasteiger partial charge in [-0.1, -0.05) is 39.7 Å². The molecule has 3 rings (SSSR count). The van der Waals surface area contributed by atoms with Crippen LogP contribution >= 0.6 is 27.5 Å². The van der Waals surface area contributed by atoms with Crippen LogP contribution in [-0.2, 0) is 4.79 Å². The van der Waals surface area contributed by atoms with Gasteiger partial charge >= 0.3 is 0 Å². The summed E-state index contributed by atoms with van der Waals surface area (Å²) in [5.41, 5.74) is 2.15. The van der Waals surface area contributed by atoms with Crippen LogP contribution in [0, 0.1) is 5.92 Å². The summed E-state index contributed by atoms with van der Waals surface area (Å²) in [6.45, 7) is 1.49. The van der Waals surface area contributed by atoms with Gasteiger partial charge in [0.25, 0.3) is 0 Å². The van der Waals surface area contributed by atoms with Gasteiger partial charge in [0.2, 0.25) is 5.91 Å². The SMILES string of the molecule is CC(=O)c1ccc(Br)cc1NC(=O)[C@H]1CC1c1cccc(Cl)c1. The molecule has 1 unspecified atom stereocenters. The molecule has 118 valence electrons. The number of anilines is 1. The van der Waals surface area contributed by atoms with E-state index in [-0.39, 0.29) is 23.5 Å². The van der Waals surface area contributed by atoms with Gasteiger partial charge in [-0.3, -0.25) is 9.59 Å². The minimum atomic E-state index is -0.0766. The third-order valence-electron chi connectivity index (χ3n) is 4.02. The Balaban J connectivity index is 1.74. The second kappa shape index (κ2) is 6.46. The fraction of sp³-hybridized carbons (Fsp3) is 0.222. The summed E-state index contributed by atoms with van der Waals surface area (Å²) in [6.07, 6.45) is 0.801. The first-order chi connectivity index (χ1) is 11.0. The molecule has 23 heavy (non-hydrogen) atoms. The Hall–Kier alpha value is -1.65. The number of hydrogen-bond donors (Lipinski definition) is 1. The first-order valence-corrected chi connectivity index (χ1v) is 8.49. The molecule has 1 amide bonds. The predicted molar refractivity (Wildman–Crippen MR) is 95.1 cm³/mol. The lowest BCUT2D eigenvalue weighted by Gasteiger charge is -2.10. The fourth-order valence-corrected chi connectivity index (χ4v) is 3.30. The van der Waals surface area contributed by atoms with Crippen LogP contribution in [0.3, 0.4) is 0 Å². The van der Waals surface area contributed by atoms with E-state index in [1.165, 1.54) is 6.92 Å². The standard InChI is InChI=1S/C18H15BrClNO2/c1-10(22)14-6-5-12(19)8-17(14)21-18(23)16-9-15(16)11-3-2-4-13(20)7-11/h2-8,15-16H,9H2,1H3,(H,21,23)/t15?,16-/m0/s1. The van der Waals surface area contributed by atoms with Gasteiger partial charge in [0.1, 0.15) is 0 Å². The van der Waals surface area contributed by atoms with Gasteiger partial charge in [0.05, 0.1) is 5.69 Å². The minimum Gasteiger partial charge on any atom is -0.325 e. The van der Waals surface area contributed by atoms with Gasteiger partial charge < -0.3 is 5.32 Å². The number of benzene rings is 2. The average Bonchev–Trinajstić information content (AvgIpc) is 3.27. The lowest BCUT2D eigenvalue weighted by atomic mass is 10.1. The first-order valence-electron chi connectivity index (χ1n) is 7.32. The molecule has 0 bridgehead atoms. The van der Waals surface area contributed by atoms with Crippen molar-refractivity contribution in [3.8, 4) is 0 Å². The zero-order chi connectivity index (χ0) is 16.6. The van der Waals surface area contributed by atoms with Crippen LogP contribution in [0.4, 0.5) is 5.69 Å². The number of rotatable bonds is 4. The maximum Gasteiger partial charge on any atom is 0.228 e. The number of carbonyl (C=O) groups excluding carboxylic acids is 2. The largest absolute Gasteiger partial charge is 0.325 e. The van der Waals surface area contributed by atoms with Crippen LogP contribution in [0.5, 0.6) is 0 Å². The van der Waals surface area contributed by atoms with Crippen molar-refractivity contribution >= 4 is 44.9 Å². The van der Waals surface area contributed by atoms with Crippen LogP contribution in [0.2, 0.25) is 5.02 Å². The molecule has 3 nitrogen and oxygen atoms in total. The molecule has 1 aliphatic rings. The molecular weight excluding hydrogens is 378 g/mol. The number of halogens is 2. The Morgan fingerprint density at radius 1 is 1.22 bits per heavy atom. The van der Waals surface area contributed by atoms with Crippen molar-refractivity contribution in [1.29, 1.82) is 0 Å². The maximum absolute atomic E-state index is 12.5. The van der Waals surface area contributed by atoms with E-state index in [1.54, 1.807) is 18.2 Å². The highest BCUT2D eigenvalue weighted by atomic mass is 79.9. The molecule has 1 fully saturated rings. The Labute approximate surface area is 148 Å². The second-order valence-electron chi connectivity index (χ2n) is 5.74. The maximum atomic E-state index is 12.5. The molecule has 1 aliphatic carbocycles. The predicted octanol–water partition coefficient (Wildman–Crippen LogP) is 5.05. The number of hydrogen-bond acceptors (Lipinski definition) is 2. The summed E-state index contributed by atoms with van der Waals surface area (Å²) < 4.78 is 0.819. The lowest BCUT2D eigenvalue weighted by Crippen LogP contribution is -2.16. The van der Waals surface area contributed by atoms with E-state index >= 15 is 0 Å². The second-order valence-corrected chi connectivity index (χ2v) is 7.09. The molecule has 2 aromatic carbocycles. The Morgan fingerprint density at radius 2 is 2.00 bits per heavy atom. The Kier molecular flexibility index (Phi) is 4.55. The summed E-state index contributed by atoms with van der Waals surface area (Å²) in [7, 11) is 0. The van der Waals surface area contributed by atoms with Gasteiger partial charge in [0, 0.05) is 21.0 Å². The number of amides is 1. The van der Waals surface area contributed by atoms with E-state index in [2.05, 4.69) is 21.2 Å². The van der Waals surface area contributed by atoms with Crippen molar-refractivity contribution in [3.63, 3.8) is 0 Å². The van der Waals surface area contributed by atoms with Crippen molar-refractivity contribution in [2.45, 2.75) is 19.3 Å². The molecular formula is C18H15BrClNO2. The van der Waals surface area contributed by atoms with Crippen molar-refractivity contribution < 1.29 is 9.59 Å². The zero-order valence-electron chi connectivity index (χ0n) is 12.5. The molecule has 5 heteroatoms. The van der Waals surface area contributed by atoms with E-state index < -0.39 is 0 Å². The summed E-state index contributed by atoms with van der Waals surface area (Å²) >= 11 is 9.37. The minimum absolute atomic E-state index is 0.0597. The van der Waals surface area contributed by atoms with Gasteiger partial charge in [-0.2, -0.15) is 0 Å². The van der Waals surface area contributed by atoms with Crippen LogP contribution in [0.1, 0.15) is 35.2 Å².